The van der Waals surface area contributed by atoms with Gasteiger partial charge in [-0.05, 0) is 109 Å². The summed E-state index contributed by atoms with van der Waals surface area (Å²) in [7, 11) is 0. The summed E-state index contributed by atoms with van der Waals surface area (Å²) in [5, 5.41) is 0. The van der Waals surface area contributed by atoms with Gasteiger partial charge < -0.3 is 23.7 Å². The maximum atomic E-state index is 15.4. The number of allylic oxidation sites excluding steroid dienone is 1. The molecule has 0 bridgehead atoms. The minimum absolute atomic E-state index is 0.241. The molecule has 0 aliphatic carbocycles. The van der Waals surface area contributed by atoms with Gasteiger partial charge in [0.25, 0.3) is 0 Å². The van der Waals surface area contributed by atoms with Gasteiger partial charge in [-0.2, -0.15) is 0 Å². The first-order valence-electron chi connectivity index (χ1n) is 13.7. The van der Waals surface area contributed by atoms with Crippen molar-refractivity contribution in [2.24, 2.45) is 0 Å². The van der Waals surface area contributed by atoms with Gasteiger partial charge in [-0.15, -0.1) is 0 Å². The lowest BCUT2D eigenvalue weighted by Gasteiger charge is -2.32. The molecule has 3 aliphatic heterocycles. The van der Waals surface area contributed by atoms with Crippen LogP contribution in [0, 0.1) is 9.39 Å². The van der Waals surface area contributed by atoms with Crippen LogP contribution in [-0.4, -0.2) is 25.8 Å². The highest BCUT2D eigenvalue weighted by Crippen LogP contribution is 2.48. The molecule has 3 heterocycles. The summed E-state index contributed by atoms with van der Waals surface area (Å²) in [5.74, 6) is 1.85. The number of benzene rings is 3. The van der Waals surface area contributed by atoms with Crippen molar-refractivity contribution in [2.45, 2.75) is 64.1 Å². The van der Waals surface area contributed by atoms with Crippen LogP contribution in [0.4, 0.5) is 4.39 Å². The molecule has 0 saturated carbocycles. The number of hydrogen-bond acceptors (Lipinski definition) is 5. The molecule has 3 aromatic carbocycles. The van der Waals surface area contributed by atoms with Crippen LogP contribution in [0.25, 0.3) is 11.1 Å². The minimum Gasteiger partial charge on any atom is -0.480 e. The summed E-state index contributed by atoms with van der Waals surface area (Å²) in [5.41, 5.74) is 4.22. The van der Waals surface area contributed by atoms with Gasteiger partial charge in [0.1, 0.15) is 23.1 Å². The minimum atomic E-state index is -0.621. The summed E-state index contributed by atoms with van der Waals surface area (Å²) in [6.45, 7) is 3.49. The zero-order chi connectivity index (χ0) is 26.8. The van der Waals surface area contributed by atoms with Crippen molar-refractivity contribution in [1.82, 2.24) is 0 Å². The van der Waals surface area contributed by atoms with Gasteiger partial charge in [0.2, 0.25) is 0 Å². The summed E-state index contributed by atoms with van der Waals surface area (Å²) in [6.07, 6.45) is 4.93. The fourth-order valence-corrected chi connectivity index (χ4v) is 5.91. The molecular weight excluding hydrogens is 610 g/mol. The standard InChI is InChI=1S/C32H32FIO5/c1-20-26-19-24(38-30-10-3-5-16-36-30)12-14-28(26)39-32(25-13-11-22(34)18-27(25)33)31(20)21-7-6-8-23(17-21)37-29-9-2-4-15-35-29/h6-8,11-14,17-19,29-30,32H,2-5,9-10,15-16H2,1H3/t29-,30?,32?/m0/s1. The molecule has 2 fully saturated rings. The second-order valence-corrected chi connectivity index (χ2v) is 11.5. The van der Waals surface area contributed by atoms with Crippen molar-refractivity contribution in [3.05, 3.63) is 86.7 Å². The Bertz CT molecular complexity index is 1360. The molecule has 39 heavy (non-hydrogen) atoms. The molecule has 0 aromatic heterocycles. The van der Waals surface area contributed by atoms with Crippen LogP contribution in [0.1, 0.15) is 68.2 Å². The molecule has 204 valence electrons. The highest BCUT2D eigenvalue weighted by molar-refractivity contribution is 14.1. The Morgan fingerprint density at radius 3 is 2.21 bits per heavy atom. The van der Waals surface area contributed by atoms with Crippen LogP contribution in [-0.2, 0) is 9.47 Å². The monoisotopic (exact) mass is 642 g/mol. The van der Waals surface area contributed by atoms with Crippen molar-refractivity contribution in [1.29, 1.82) is 0 Å². The summed E-state index contributed by atoms with van der Waals surface area (Å²) >= 11 is 2.13. The highest BCUT2D eigenvalue weighted by Gasteiger charge is 2.32. The first-order valence-corrected chi connectivity index (χ1v) is 14.8. The Balaban J connectivity index is 1.40. The maximum Gasteiger partial charge on any atom is 0.199 e. The molecule has 3 aromatic rings. The second-order valence-electron chi connectivity index (χ2n) is 10.2. The van der Waals surface area contributed by atoms with E-state index in [0.717, 1.165) is 82.5 Å². The zero-order valence-corrected chi connectivity index (χ0v) is 24.1. The zero-order valence-electron chi connectivity index (χ0n) is 22.0. The van der Waals surface area contributed by atoms with Gasteiger partial charge >= 0.3 is 0 Å². The van der Waals surface area contributed by atoms with E-state index >= 15 is 4.39 Å². The summed E-state index contributed by atoms with van der Waals surface area (Å²) < 4.78 is 46.7. The first kappa shape index (κ1) is 26.6. The Labute approximate surface area is 242 Å². The lowest BCUT2D eigenvalue weighted by Crippen LogP contribution is -2.25. The molecule has 0 amide bonds. The fraction of sp³-hybridized carbons (Fsp3) is 0.375. The van der Waals surface area contributed by atoms with Crippen molar-refractivity contribution in [3.8, 4) is 17.2 Å². The van der Waals surface area contributed by atoms with Crippen LogP contribution in [0.3, 0.4) is 0 Å². The Morgan fingerprint density at radius 1 is 0.821 bits per heavy atom. The first-order chi connectivity index (χ1) is 19.0. The van der Waals surface area contributed by atoms with Crippen LogP contribution in [0.2, 0.25) is 0 Å². The van der Waals surface area contributed by atoms with Crippen molar-refractivity contribution < 1.29 is 28.1 Å². The Hall–Kier alpha value is -2.62. The van der Waals surface area contributed by atoms with Gasteiger partial charge in [0, 0.05) is 33.1 Å². The topological polar surface area (TPSA) is 46.2 Å². The van der Waals surface area contributed by atoms with E-state index in [0.29, 0.717) is 17.9 Å². The van der Waals surface area contributed by atoms with Crippen LogP contribution in [0.15, 0.2) is 60.7 Å². The fourth-order valence-electron chi connectivity index (χ4n) is 5.46. The largest absolute Gasteiger partial charge is 0.480 e. The van der Waals surface area contributed by atoms with E-state index in [1.807, 2.05) is 54.6 Å². The Morgan fingerprint density at radius 2 is 1.54 bits per heavy atom. The third kappa shape index (κ3) is 5.95. The number of rotatable bonds is 6. The van der Waals surface area contributed by atoms with E-state index in [-0.39, 0.29) is 18.4 Å². The molecular formula is C32H32FIO5. The molecule has 0 spiro atoms. The van der Waals surface area contributed by atoms with Crippen LogP contribution >= 0.6 is 22.6 Å². The smallest absolute Gasteiger partial charge is 0.199 e. The van der Waals surface area contributed by atoms with Gasteiger partial charge in [0.05, 0.1) is 13.2 Å². The highest BCUT2D eigenvalue weighted by atomic mass is 127. The van der Waals surface area contributed by atoms with Gasteiger partial charge in [-0.3, -0.25) is 0 Å². The van der Waals surface area contributed by atoms with E-state index in [1.165, 1.54) is 0 Å². The third-order valence-electron chi connectivity index (χ3n) is 7.47. The number of fused-ring (bicyclic) bond motifs is 1. The summed E-state index contributed by atoms with van der Waals surface area (Å²) in [4.78, 5) is 0. The molecule has 7 heteroatoms. The third-order valence-corrected chi connectivity index (χ3v) is 8.14. The van der Waals surface area contributed by atoms with Crippen LogP contribution in [0.5, 0.6) is 17.2 Å². The number of hydrogen-bond donors (Lipinski definition) is 0. The maximum absolute atomic E-state index is 15.4. The quantitative estimate of drug-likeness (QED) is 0.253. The predicted octanol–water partition coefficient (Wildman–Crippen LogP) is 8.31. The van der Waals surface area contributed by atoms with E-state index in [4.69, 9.17) is 23.7 Å². The average molecular weight is 643 g/mol. The predicted molar refractivity (Wildman–Crippen MR) is 156 cm³/mol. The SMILES string of the molecule is CC1=C(c2cccc(O[C@H]3CCCCO3)c2)C(c2ccc(I)cc2F)Oc2ccc(OC3CCCCO3)cc21. The molecule has 6 rings (SSSR count). The normalized spacial score (nSPS) is 23.1. The molecule has 0 N–H and O–H groups in total. The van der Waals surface area contributed by atoms with E-state index < -0.39 is 6.10 Å². The van der Waals surface area contributed by atoms with Gasteiger partial charge in [-0.25, -0.2) is 4.39 Å². The Kier molecular flexibility index (Phi) is 8.09. The lowest BCUT2D eigenvalue weighted by molar-refractivity contribution is -0.106. The van der Waals surface area contributed by atoms with E-state index in [9.17, 15) is 0 Å². The molecule has 0 radical (unpaired) electrons. The van der Waals surface area contributed by atoms with Crippen molar-refractivity contribution >= 4 is 33.7 Å². The van der Waals surface area contributed by atoms with Crippen molar-refractivity contribution in [3.63, 3.8) is 0 Å². The van der Waals surface area contributed by atoms with E-state index in [2.05, 4.69) is 29.5 Å². The molecule has 3 aliphatic rings. The van der Waals surface area contributed by atoms with Gasteiger partial charge in [0.15, 0.2) is 18.7 Å². The molecule has 2 unspecified atom stereocenters. The van der Waals surface area contributed by atoms with E-state index in [1.54, 1.807) is 6.07 Å². The molecule has 5 nitrogen and oxygen atoms in total. The van der Waals surface area contributed by atoms with Gasteiger partial charge in [-0.1, -0.05) is 18.2 Å². The average Bonchev–Trinajstić information content (AvgIpc) is 2.95. The molecule has 3 atom stereocenters. The number of halogens is 2. The van der Waals surface area contributed by atoms with Crippen LogP contribution < -0.4 is 14.2 Å². The molecule has 2 saturated heterocycles. The lowest BCUT2D eigenvalue weighted by atomic mass is 9.86. The number of ether oxygens (including phenoxy) is 5. The van der Waals surface area contributed by atoms with Crippen molar-refractivity contribution in [2.75, 3.05) is 13.2 Å². The second kappa shape index (κ2) is 11.9. The summed E-state index contributed by atoms with van der Waals surface area (Å²) in [6, 6.07) is 19.0.